The van der Waals surface area contributed by atoms with Gasteiger partial charge in [-0.2, -0.15) is 0 Å². The Morgan fingerprint density at radius 1 is 1.11 bits per heavy atom. The molecule has 152 valence electrons. The molecule has 0 radical (unpaired) electrons. The first kappa shape index (κ1) is 22.1. The minimum Gasteiger partial charge on any atom is -0.299 e. The Hall–Kier alpha value is -2.22. The van der Waals surface area contributed by atoms with E-state index in [2.05, 4.69) is 0 Å². The lowest BCUT2D eigenvalue weighted by atomic mass is 9.69. The van der Waals surface area contributed by atoms with Crippen molar-refractivity contribution in [1.29, 1.82) is 0 Å². The standard InChI is InChI=1S/C21H24F3NO3/c1-12-6-8-14(9-7-12)18(13(2)26)20(21(3,4)25(27)28-5)19-16(23)10-15(22)11-17(19)24/h6-11,18,20,27H,1-5H3. The minimum absolute atomic E-state index is 0.366. The quantitative estimate of drug-likeness (QED) is 0.678. The number of carbonyl (C=O) groups is 1. The van der Waals surface area contributed by atoms with Gasteiger partial charge in [0.1, 0.15) is 23.2 Å². The summed E-state index contributed by atoms with van der Waals surface area (Å²) in [5.74, 6) is -5.96. The summed E-state index contributed by atoms with van der Waals surface area (Å²) in [5, 5.41) is 10.7. The summed E-state index contributed by atoms with van der Waals surface area (Å²) < 4.78 is 42.9. The average molecular weight is 395 g/mol. The molecule has 0 aliphatic rings. The molecular formula is C21H24F3NO3. The summed E-state index contributed by atoms with van der Waals surface area (Å²) in [6, 6.07) is 8.06. The first-order valence-electron chi connectivity index (χ1n) is 8.75. The smallest absolute Gasteiger partial charge is 0.137 e. The number of rotatable bonds is 7. The highest BCUT2D eigenvalue weighted by molar-refractivity contribution is 5.85. The van der Waals surface area contributed by atoms with E-state index in [9.17, 15) is 23.2 Å². The maximum Gasteiger partial charge on any atom is 0.137 e. The lowest BCUT2D eigenvalue weighted by molar-refractivity contribution is -0.376. The minimum atomic E-state index is -1.45. The summed E-state index contributed by atoms with van der Waals surface area (Å²) in [7, 11) is 1.19. The molecule has 2 aromatic rings. The second-order valence-corrected chi connectivity index (χ2v) is 7.37. The van der Waals surface area contributed by atoms with Gasteiger partial charge >= 0.3 is 0 Å². The van der Waals surface area contributed by atoms with Gasteiger partial charge in [0.2, 0.25) is 0 Å². The van der Waals surface area contributed by atoms with Gasteiger partial charge in [-0.3, -0.25) is 14.8 Å². The third kappa shape index (κ3) is 4.27. The Bertz CT molecular complexity index is 829. The zero-order valence-corrected chi connectivity index (χ0v) is 16.5. The molecule has 0 aliphatic heterocycles. The highest BCUT2D eigenvalue weighted by atomic mass is 19.1. The monoisotopic (exact) mass is 395 g/mol. The molecule has 0 saturated heterocycles. The Balaban J connectivity index is 2.80. The number of aryl methyl sites for hydroxylation is 1. The summed E-state index contributed by atoms with van der Waals surface area (Å²) >= 11 is 0. The second-order valence-electron chi connectivity index (χ2n) is 7.37. The van der Waals surface area contributed by atoms with E-state index in [0.717, 1.165) is 5.56 Å². The molecule has 2 unspecified atom stereocenters. The molecule has 2 atom stereocenters. The van der Waals surface area contributed by atoms with Gasteiger partial charge in [0, 0.05) is 23.6 Å². The van der Waals surface area contributed by atoms with Crippen LogP contribution in [0.3, 0.4) is 0 Å². The fourth-order valence-electron chi connectivity index (χ4n) is 3.57. The van der Waals surface area contributed by atoms with E-state index in [0.29, 0.717) is 22.9 Å². The largest absolute Gasteiger partial charge is 0.299 e. The molecule has 1 N–H and O–H groups in total. The van der Waals surface area contributed by atoms with Crippen LogP contribution in [0.4, 0.5) is 13.2 Å². The van der Waals surface area contributed by atoms with Crippen molar-refractivity contribution in [1.82, 2.24) is 5.23 Å². The number of hydrogen-bond acceptors (Lipinski definition) is 4. The van der Waals surface area contributed by atoms with Gasteiger partial charge < -0.3 is 0 Å². The van der Waals surface area contributed by atoms with E-state index in [1.807, 2.05) is 6.92 Å². The summed E-state index contributed by atoms with van der Waals surface area (Å²) in [6.07, 6.45) is 0. The number of hydroxylamine groups is 2. The highest BCUT2D eigenvalue weighted by Crippen LogP contribution is 2.45. The van der Waals surface area contributed by atoms with Crippen LogP contribution < -0.4 is 0 Å². The highest BCUT2D eigenvalue weighted by Gasteiger charge is 2.46. The van der Waals surface area contributed by atoms with Crippen molar-refractivity contribution in [2.75, 3.05) is 7.11 Å². The van der Waals surface area contributed by atoms with Crippen molar-refractivity contribution < 1.29 is 28.0 Å². The van der Waals surface area contributed by atoms with E-state index in [4.69, 9.17) is 4.84 Å². The zero-order chi connectivity index (χ0) is 21.2. The van der Waals surface area contributed by atoms with Crippen LogP contribution in [0.25, 0.3) is 0 Å². The molecule has 4 nitrogen and oxygen atoms in total. The zero-order valence-electron chi connectivity index (χ0n) is 16.5. The first-order valence-corrected chi connectivity index (χ1v) is 8.75. The van der Waals surface area contributed by atoms with Crippen LogP contribution in [0.2, 0.25) is 0 Å². The van der Waals surface area contributed by atoms with Crippen LogP contribution in [-0.2, 0) is 9.63 Å². The Morgan fingerprint density at radius 3 is 2.04 bits per heavy atom. The third-order valence-corrected chi connectivity index (χ3v) is 4.99. The Morgan fingerprint density at radius 2 is 1.61 bits per heavy atom. The summed E-state index contributed by atoms with van der Waals surface area (Å²) in [4.78, 5) is 17.5. The molecule has 28 heavy (non-hydrogen) atoms. The average Bonchev–Trinajstić information content (AvgIpc) is 2.60. The van der Waals surface area contributed by atoms with Crippen molar-refractivity contribution in [3.8, 4) is 0 Å². The van der Waals surface area contributed by atoms with Crippen LogP contribution in [0.1, 0.15) is 49.3 Å². The predicted octanol–water partition coefficient (Wildman–Crippen LogP) is 4.90. The van der Waals surface area contributed by atoms with Gasteiger partial charge in [-0.15, -0.1) is 0 Å². The predicted molar refractivity (Wildman–Crippen MR) is 98.4 cm³/mol. The van der Waals surface area contributed by atoms with Gasteiger partial charge in [-0.05, 0) is 33.3 Å². The summed E-state index contributed by atoms with van der Waals surface area (Å²) in [5.41, 5.74) is -0.482. The number of halogens is 3. The molecule has 7 heteroatoms. The van der Waals surface area contributed by atoms with E-state index in [-0.39, 0.29) is 5.78 Å². The van der Waals surface area contributed by atoms with Crippen molar-refractivity contribution >= 4 is 5.78 Å². The van der Waals surface area contributed by atoms with E-state index in [1.54, 1.807) is 24.3 Å². The van der Waals surface area contributed by atoms with Gasteiger partial charge in [0.25, 0.3) is 0 Å². The number of nitrogens with zero attached hydrogens (tertiary/aromatic N) is 1. The molecular weight excluding hydrogens is 371 g/mol. The number of carbonyl (C=O) groups excluding carboxylic acids is 1. The van der Waals surface area contributed by atoms with Crippen LogP contribution in [0.15, 0.2) is 36.4 Å². The van der Waals surface area contributed by atoms with Gasteiger partial charge in [-0.25, -0.2) is 13.2 Å². The first-order chi connectivity index (χ1) is 13.0. The molecule has 0 spiro atoms. The van der Waals surface area contributed by atoms with Crippen LogP contribution in [-0.4, -0.2) is 28.9 Å². The number of Topliss-reactive ketones (excluding diaryl/α,β-unsaturated/α-hetero) is 1. The fraction of sp³-hybridized carbons (Fsp3) is 0.381. The van der Waals surface area contributed by atoms with Gasteiger partial charge in [0.15, 0.2) is 0 Å². The molecule has 0 amide bonds. The van der Waals surface area contributed by atoms with Crippen molar-refractivity contribution in [3.05, 3.63) is 70.5 Å². The van der Waals surface area contributed by atoms with Gasteiger partial charge in [0.05, 0.1) is 18.6 Å². The van der Waals surface area contributed by atoms with Crippen LogP contribution in [0.5, 0.6) is 0 Å². The lowest BCUT2D eigenvalue weighted by Gasteiger charge is -2.42. The van der Waals surface area contributed by atoms with Crippen molar-refractivity contribution in [2.45, 2.75) is 45.1 Å². The van der Waals surface area contributed by atoms with Crippen molar-refractivity contribution in [3.63, 3.8) is 0 Å². The van der Waals surface area contributed by atoms with Gasteiger partial charge in [-0.1, -0.05) is 35.1 Å². The molecule has 2 rings (SSSR count). The van der Waals surface area contributed by atoms with E-state index < -0.39 is 40.4 Å². The maximum absolute atomic E-state index is 14.7. The molecule has 0 heterocycles. The normalized spacial score (nSPS) is 14.2. The van der Waals surface area contributed by atoms with E-state index >= 15 is 0 Å². The SMILES string of the molecule is CON(O)C(C)(C)C(c1c(F)cc(F)cc1F)C(C(C)=O)c1ccc(C)cc1. The fourth-order valence-corrected chi connectivity index (χ4v) is 3.57. The number of hydrogen-bond donors (Lipinski definition) is 1. The molecule has 0 bridgehead atoms. The second kappa shape index (κ2) is 8.43. The van der Waals surface area contributed by atoms with Crippen LogP contribution in [0, 0.1) is 24.4 Å². The van der Waals surface area contributed by atoms with Crippen LogP contribution >= 0.6 is 0 Å². The Labute approximate surface area is 162 Å². The molecule has 2 aromatic carbocycles. The Kier molecular flexibility index (Phi) is 6.64. The molecule has 0 aromatic heterocycles. The summed E-state index contributed by atoms with van der Waals surface area (Å²) in [6.45, 7) is 6.14. The molecule has 0 aliphatic carbocycles. The maximum atomic E-state index is 14.7. The van der Waals surface area contributed by atoms with Crippen molar-refractivity contribution in [2.24, 2.45) is 0 Å². The van der Waals surface area contributed by atoms with E-state index in [1.165, 1.54) is 27.9 Å². The number of ketones is 1. The lowest BCUT2D eigenvalue weighted by Crippen LogP contribution is -2.49. The molecule has 0 fully saturated rings. The number of benzene rings is 2. The molecule has 0 saturated carbocycles. The topological polar surface area (TPSA) is 49.8 Å². The third-order valence-electron chi connectivity index (χ3n) is 4.99.